The number of alkyl halides is 3. The topological polar surface area (TPSA) is 66.1 Å². The van der Waals surface area contributed by atoms with Crippen LogP contribution < -0.4 is 20.7 Å². The molecular weight excluding hydrogens is 522 g/mol. The molecular formula is C21H27F3IN5O. The Hall–Kier alpha value is -2.21. The summed E-state index contributed by atoms with van der Waals surface area (Å²) < 4.78 is 41.5. The number of halogens is 4. The molecule has 1 aliphatic rings. The number of ether oxygens (including phenoxy) is 1. The van der Waals surface area contributed by atoms with Crippen molar-refractivity contribution in [3.8, 4) is 5.75 Å². The van der Waals surface area contributed by atoms with Crippen LogP contribution in [0.3, 0.4) is 0 Å². The number of benzene rings is 2. The minimum atomic E-state index is -4.77. The van der Waals surface area contributed by atoms with Crippen LogP contribution >= 0.6 is 24.0 Å². The molecule has 6 nitrogen and oxygen atoms in total. The van der Waals surface area contributed by atoms with Gasteiger partial charge in [0.15, 0.2) is 11.7 Å². The molecule has 0 bridgehead atoms. The van der Waals surface area contributed by atoms with Gasteiger partial charge in [0.1, 0.15) is 0 Å². The molecule has 3 N–H and O–H groups in total. The van der Waals surface area contributed by atoms with E-state index in [-0.39, 0.29) is 41.4 Å². The number of piperazine rings is 1. The molecule has 0 unspecified atom stereocenters. The SMILES string of the molecule is I.NC(=NCCCN1CCN(c2ccccc2)CC1)Nc1ccccc1OC(F)(F)F. The zero-order chi connectivity index (χ0) is 21.4. The van der Waals surface area contributed by atoms with E-state index >= 15 is 0 Å². The molecule has 1 fully saturated rings. The van der Waals surface area contributed by atoms with Crippen molar-refractivity contribution in [3.05, 3.63) is 54.6 Å². The van der Waals surface area contributed by atoms with Crippen LogP contribution in [0.2, 0.25) is 0 Å². The van der Waals surface area contributed by atoms with Crippen LogP contribution in [0, 0.1) is 0 Å². The smallest absolute Gasteiger partial charge is 0.404 e. The molecule has 0 aliphatic carbocycles. The van der Waals surface area contributed by atoms with Crippen LogP contribution in [0.25, 0.3) is 0 Å². The molecule has 170 valence electrons. The largest absolute Gasteiger partial charge is 0.573 e. The van der Waals surface area contributed by atoms with E-state index < -0.39 is 6.36 Å². The Morgan fingerprint density at radius 3 is 2.32 bits per heavy atom. The lowest BCUT2D eigenvalue weighted by atomic mass is 10.2. The molecule has 2 aromatic rings. The molecule has 0 saturated carbocycles. The maximum atomic E-state index is 12.5. The van der Waals surface area contributed by atoms with Crippen molar-refractivity contribution in [2.24, 2.45) is 10.7 Å². The average molecular weight is 549 g/mol. The van der Waals surface area contributed by atoms with Gasteiger partial charge in [0, 0.05) is 45.0 Å². The standard InChI is InChI=1S/C21H26F3N5O.HI/c22-21(23,24)30-19-10-5-4-9-18(19)27-20(25)26-11-6-12-28-13-15-29(16-14-28)17-7-2-1-3-8-17;/h1-5,7-10H,6,11-16H2,(H3,25,26,27);1H. The van der Waals surface area contributed by atoms with Crippen molar-refractivity contribution in [2.75, 3.05) is 49.5 Å². The zero-order valence-electron chi connectivity index (χ0n) is 17.0. The van der Waals surface area contributed by atoms with Crippen LogP contribution in [0.15, 0.2) is 59.6 Å². The number of para-hydroxylation sites is 3. The third-order valence-electron chi connectivity index (χ3n) is 4.78. The summed E-state index contributed by atoms with van der Waals surface area (Å²) in [5.74, 6) is -0.290. The van der Waals surface area contributed by atoms with Gasteiger partial charge in [-0.05, 0) is 30.7 Å². The van der Waals surface area contributed by atoms with Gasteiger partial charge in [-0.15, -0.1) is 37.1 Å². The Balaban J connectivity index is 0.00000341. The molecule has 0 aromatic heterocycles. The molecule has 1 heterocycles. The fraction of sp³-hybridized carbons (Fsp3) is 0.381. The van der Waals surface area contributed by atoms with Crippen molar-refractivity contribution >= 4 is 41.3 Å². The number of nitrogens with zero attached hydrogens (tertiary/aromatic N) is 3. The summed E-state index contributed by atoms with van der Waals surface area (Å²) in [7, 11) is 0. The third-order valence-corrected chi connectivity index (χ3v) is 4.78. The molecule has 3 rings (SSSR count). The number of guanidine groups is 1. The fourth-order valence-corrected chi connectivity index (χ4v) is 3.32. The van der Waals surface area contributed by atoms with E-state index in [0.29, 0.717) is 6.54 Å². The number of hydrogen-bond donors (Lipinski definition) is 2. The van der Waals surface area contributed by atoms with Gasteiger partial charge in [0.2, 0.25) is 0 Å². The van der Waals surface area contributed by atoms with Crippen LogP contribution in [0.4, 0.5) is 24.5 Å². The van der Waals surface area contributed by atoms with E-state index in [1.165, 1.54) is 23.9 Å². The molecule has 0 spiro atoms. The van der Waals surface area contributed by atoms with Crippen molar-refractivity contribution < 1.29 is 17.9 Å². The second-order valence-corrected chi connectivity index (χ2v) is 6.95. The van der Waals surface area contributed by atoms with E-state index in [2.05, 4.69) is 37.0 Å². The first-order valence-corrected chi connectivity index (χ1v) is 9.85. The van der Waals surface area contributed by atoms with Gasteiger partial charge < -0.3 is 20.7 Å². The minimum absolute atomic E-state index is 0. The van der Waals surface area contributed by atoms with Gasteiger partial charge in [0.05, 0.1) is 5.69 Å². The van der Waals surface area contributed by atoms with Crippen LogP contribution in [-0.2, 0) is 0 Å². The average Bonchev–Trinajstić information content (AvgIpc) is 2.73. The Morgan fingerprint density at radius 1 is 1.00 bits per heavy atom. The highest BCUT2D eigenvalue weighted by Gasteiger charge is 2.32. The van der Waals surface area contributed by atoms with E-state index in [1.807, 2.05) is 18.2 Å². The van der Waals surface area contributed by atoms with Crippen LogP contribution in [0.1, 0.15) is 6.42 Å². The molecule has 31 heavy (non-hydrogen) atoms. The van der Waals surface area contributed by atoms with Crippen molar-refractivity contribution in [1.29, 1.82) is 0 Å². The third kappa shape index (κ3) is 8.44. The minimum Gasteiger partial charge on any atom is -0.404 e. The van der Waals surface area contributed by atoms with E-state index in [0.717, 1.165) is 39.1 Å². The maximum Gasteiger partial charge on any atom is 0.573 e. The summed E-state index contributed by atoms with van der Waals surface area (Å²) in [4.78, 5) is 8.97. The second kappa shape index (κ2) is 12.0. The predicted octanol–water partition coefficient (Wildman–Crippen LogP) is 4.14. The van der Waals surface area contributed by atoms with Gasteiger partial charge in [-0.3, -0.25) is 9.89 Å². The lowest BCUT2D eigenvalue weighted by molar-refractivity contribution is -0.274. The molecule has 0 radical (unpaired) electrons. The number of hydrogen-bond acceptors (Lipinski definition) is 4. The monoisotopic (exact) mass is 549 g/mol. The molecule has 0 atom stereocenters. The van der Waals surface area contributed by atoms with Crippen molar-refractivity contribution in [2.45, 2.75) is 12.8 Å². The highest BCUT2D eigenvalue weighted by Crippen LogP contribution is 2.29. The van der Waals surface area contributed by atoms with Gasteiger partial charge in [-0.1, -0.05) is 30.3 Å². The first kappa shape index (κ1) is 25.1. The highest BCUT2D eigenvalue weighted by atomic mass is 127. The van der Waals surface area contributed by atoms with Gasteiger partial charge in [0.25, 0.3) is 0 Å². The second-order valence-electron chi connectivity index (χ2n) is 6.95. The van der Waals surface area contributed by atoms with E-state index in [1.54, 1.807) is 6.07 Å². The maximum absolute atomic E-state index is 12.5. The normalized spacial score (nSPS) is 15.3. The number of anilines is 2. The molecule has 1 saturated heterocycles. The number of rotatable bonds is 7. The van der Waals surface area contributed by atoms with E-state index in [4.69, 9.17) is 5.73 Å². The lowest BCUT2D eigenvalue weighted by Gasteiger charge is -2.36. The summed E-state index contributed by atoms with van der Waals surface area (Å²) in [5.41, 5.74) is 7.19. The van der Waals surface area contributed by atoms with Crippen molar-refractivity contribution in [3.63, 3.8) is 0 Å². The zero-order valence-corrected chi connectivity index (χ0v) is 19.3. The first-order chi connectivity index (χ1) is 14.4. The Bertz CT molecular complexity index is 827. The number of nitrogens with one attached hydrogen (secondary N) is 1. The van der Waals surface area contributed by atoms with E-state index in [9.17, 15) is 13.2 Å². The number of nitrogens with two attached hydrogens (primary N) is 1. The quantitative estimate of drug-likeness (QED) is 0.235. The molecule has 2 aromatic carbocycles. The van der Waals surface area contributed by atoms with Gasteiger partial charge in [-0.25, -0.2) is 0 Å². The van der Waals surface area contributed by atoms with Crippen molar-refractivity contribution in [1.82, 2.24) is 4.90 Å². The molecule has 1 aliphatic heterocycles. The Morgan fingerprint density at radius 2 is 1.65 bits per heavy atom. The first-order valence-electron chi connectivity index (χ1n) is 9.85. The summed E-state index contributed by atoms with van der Waals surface area (Å²) in [6.07, 6.45) is -3.96. The predicted molar refractivity (Wildman–Crippen MR) is 128 cm³/mol. The van der Waals surface area contributed by atoms with Gasteiger partial charge in [-0.2, -0.15) is 0 Å². The highest BCUT2D eigenvalue weighted by molar-refractivity contribution is 14.0. The van der Waals surface area contributed by atoms with Crippen LogP contribution in [0.5, 0.6) is 5.75 Å². The fourth-order valence-electron chi connectivity index (χ4n) is 3.32. The molecule has 10 heteroatoms. The van der Waals surface area contributed by atoms with Gasteiger partial charge >= 0.3 is 6.36 Å². The van der Waals surface area contributed by atoms with Crippen LogP contribution in [-0.4, -0.2) is 56.5 Å². The summed E-state index contributed by atoms with van der Waals surface area (Å²) in [5, 5.41) is 2.68. The summed E-state index contributed by atoms with van der Waals surface area (Å²) in [6, 6.07) is 16.1. The lowest BCUT2D eigenvalue weighted by Crippen LogP contribution is -2.46. The summed E-state index contributed by atoms with van der Waals surface area (Å²) in [6.45, 7) is 5.30. The summed E-state index contributed by atoms with van der Waals surface area (Å²) >= 11 is 0. The Labute approximate surface area is 197 Å². The molecule has 0 amide bonds. The number of aliphatic imine (C=N–C) groups is 1. The Kier molecular flexibility index (Phi) is 9.69.